The van der Waals surface area contributed by atoms with Gasteiger partial charge in [-0.05, 0) is 112 Å². The standard InChI is InChI=1S/C45H47O4P3/c1-8-33-18-24-37(25-19-33)47-51(46-36-14-10-9-11-15-36)38-26-20-34(21-27-38)35-22-28-39(29-23-35)52(48-42-17-13-12-16-40(42)44(2,3)4)49-43-30-31-50-32-41(43)45(5,6)7/h9-32H,8H2,1-7H3. The highest BCUT2D eigenvalue weighted by Gasteiger charge is 2.27. The van der Waals surface area contributed by atoms with Crippen LogP contribution in [-0.2, 0) is 17.3 Å². The maximum atomic E-state index is 6.86. The van der Waals surface area contributed by atoms with Crippen LogP contribution in [0.3, 0.4) is 0 Å². The molecule has 1 heterocycles. The van der Waals surface area contributed by atoms with Crippen LogP contribution in [-0.4, -0.2) is 0 Å². The molecule has 0 saturated carbocycles. The van der Waals surface area contributed by atoms with Gasteiger partial charge in [-0.25, -0.2) is 0 Å². The number of rotatable bonds is 12. The summed E-state index contributed by atoms with van der Waals surface area (Å²) in [6.45, 7) is 15.5. The van der Waals surface area contributed by atoms with Gasteiger partial charge in [0.2, 0.25) is 0 Å². The molecule has 0 amide bonds. The molecule has 6 aromatic rings. The third-order valence-corrected chi connectivity index (χ3v) is 12.2. The fourth-order valence-electron chi connectivity index (χ4n) is 5.63. The van der Waals surface area contributed by atoms with Gasteiger partial charge in [-0.2, -0.15) is 0 Å². The molecule has 0 aliphatic carbocycles. The molecule has 4 nitrogen and oxygen atoms in total. The lowest BCUT2D eigenvalue weighted by atomic mass is 9.86. The second-order valence-electron chi connectivity index (χ2n) is 14.7. The van der Waals surface area contributed by atoms with E-state index in [0.717, 1.165) is 64.9 Å². The van der Waals surface area contributed by atoms with Gasteiger partial charge in [-0.3, -0.25) is 0 Å². The van der Waals surface area contributed by atoms with E-state index in [2.05, 4.69) is 145 Å². The fourth-order valence-corrected chi connectivity index (χ4v) is 9.18. The van der Waals surface area contributed by atoms with Crippen molar-refractivity contribution in [3.8, 4) is 34.1 Å². The molecule has 2 unspecified atom stereocenters. The molecule has 5 aromatic carbocycles. The van der Waals surface area contributed by atoms with Gasteiger partial charge in [-0.15, -0.1) is 0 Å². The highest BCUT2D eigenvalue weighted by atomic mass is 31.2. The molecule has 1 aromatic heterocycles. The highest BCUT2D eigenvalue weighted by molar-refractivity contribution is 7.57. The summed E-state index contributed by atoms with van der Waals surface area (Å²) < 4.78 is 26.6. The van der Waals surface area contributed by atoms with Crippen LogP contribution in [0.5, 0.6) is 23.0 Å². The summed E-state index contributed by atoms with van der Waals surface area (Å²) >= 11 is 0. The quantitative estimate of drug-likeness (QED) is 0.117. The minimum atomic E-state index is -1.50. The van der Waals surface area contributed by atoms with Crippen molar-refractivity contribution in [1.82, 2.24) is 0 Å². The van der Waals surface area contributed by atoms with Crippen LogP contribution in [0.4, 0.5) is 0 Å². The Morgan fingerprint density at radius 1 is 0.481 bits per heavy atom. The zero-order valence-corrected chi connectivity index (χ0v) is 33.7. The molecule has 6 rings (SSSR count). The van der Waals surface area contributed by atoms with Gasteiger partial charge >= 0.3 is 16.8 Å². The molecular weight excluding hydrogens is 697 g/mol. The van der Waals surface area contributed by atoms with E-state index in [1.807, 2.05) is 48.5 Å². The van der Waals surface area contributed by atoms with Gasteiger partial charge in [0.1, 0.15) is 23.0 Å². The Morgan fingerprint density at radius 3 is 1.50 bits per heavy atom. The lowest BCUT2D eigenvalue weighted by Gasteiger charge is -2.28. The zero-order chi connectivity index (χ0) is 36.7. The van der Waals surface area contributed by atoms with Gasteiger partial charge in [0, 0.05) is 5.56 Å². The minimum Gasteiger partial charge on any atom is -0.435 e. The van der Waals surface area contributed by atoms with E-state index in [-0.39, 0.29) is 10.8 Å². The van der Waals surface area contributed by atoms with E-state index < -0.39 is 16.8 Å². The number of hydrogen-bond acceptors (Lipinski definition) is 4. The topological polar surface area (TPSA) is 36.9 Å². The van der Waals surface area contributed by atoms with E-state index in [0.29, 0.717) is 0 Å². The lowest BCUT2D eigenvalue weighted by Crippen LogP contribution is -2.17. The first-order valence-corrected chi connectivity index (χ1v) is 21.1. The summed E-state index contributed by atoms with van der Waals surface area (Å²) in [5.74, 6) is 7.63. The largest absolute Gasteiger partial charge is 0.435 e. The minimum absolute atomic E-state index is 0.0648. The van der Waals surface area contributed by atoms with Crippen LogP contribution in [0.25, 0.3) is 11.1 Å². The lowest BCUT2D eigenvalue weighted by molar-refractivity contribution is 0.469. The van der Waals surface area contributed by atoms with Gasteiger partial charge in [0.15, 0.2) is 0 Å². The molecule has 52 heavy (non-hydrogen) atoms. The van der Waals surface area contributed by atoms with Crippen molar-refractivity contribution in [2.24, 2.45) is 0 Å². The molecule has 0 saturated heterocycles. The second kappa shape index (κ2) is 16.7. The normalized spacial score (nSPS) is 13.0. The predicted molar refractivity (Wildman–Crippen MR) is 223 cm³/mol. The summed E-state index contributed by atoms with van der Waals surface area (Å²) in [6.07, 6.45) is 0.983. The molecule has 7 heteroatoms. The van der Waals surface area contributed by atoms with Crippen LogP contribution in [0, 0.1) is 0 Å². The Bertz CT molecular complexity index is 1970. The van der Waals surface area contributed by atoms with Crippen molar-refractivity contribution in [3.05, 3.63) is 162 Å². The number of para-hydroxylation sites is 2. The first-order chi connectivity index (χ1) is 25.0. The molecule has 0 bridgehead atoms. The Kier molecular flexibility index (Phi) is 12.0. The summed E-state index contributed by atoms with van der Waals surface area (Å²) in [4.78, 5) is 0. The van der Waals surface area contributed by atoms with Gasteiger partial charge in [0.25, 0.3) is 0 Å². The number of aryl methyl sites for hydroxylation is 1. The SMILES string of the molecule is CCc1ccc(OP(Oc2ccccc2)c2ccc(-c3ccc(P(Oc4ccccc4C(C)(C)C)Oc4ccpcc4C(C)(C)C)cc3)cc2)cc1. The number of hydrogen-bond donors (Lipinski definition) is 0. The molecule has 2 atom stereocenters. The monoisotopic (exact) mass is 744 g/mol. The summed E-state index contributed by atoms with van der Waals surface area (Å²) in [6, 6.07) is 45.5. The molecule has 0 fully saturated rings. The molecule has 266 valence electrons. The third-order valence-electron chi connectivity index (χ3n) is 8.59. The molecule has 0 aliphatic heterocycles. The number of benzene rings is 5. The Morgan fingerprint density at radius 2 is 0.962 bits per heavy atom. The van der Waals surface area contributed by atoms with Crippen molar-refractivity contribution >= 4 is 35.6 Å². The van der Waals surface area contributed by atoms with Gasteiger partial charge < -0.3 is 18.1 Å². The summed E-state index contributed by atoms with van der Waals surface area (Å²) in [7, 11) is -1.76. The van der Waals surface area contributed by atoms with Gasteiger partial charge in [0.05, 0.1) is 10.6 Å². The second-order valence-corrected chi connectivity index (χ2v) is 18.3. The third kappa shape index (κ3) is 9.61. The molecular formula is C45H47O4P3. The van der Waals surface area contributed by atoms with Crippen molar-refractivity contribution in [2.45, 2.75) is 65.7 Å². The van der Waals surface area contributed by atoms with Gasteiger partial charge in [-0.1, -0.05) is 129 Å². The van der Waals surface area contributed by atoms with E-state index in [1.165, 1.54) is 11.1 Å². The average molecular weight is 745 g/mol. The zero-order valence-electron chi connectivity index (χ0n) is 31.0. The van der Waals surface area contributed by atoms with E-state index in [1.54, 1.807) is 0 Å². The van der Waals surface area contributed by atoms with E-state index >= 15 is 0 Å². The van der Waals surface area contributed by atoms with Crippen molar-refractivity contribution in [1.29, 1.82) is 0 Å². The van der Waals surface area contributed by atoms with Crippen LogP contribution >= 0.6 is 24.9 Å². The van der Waals surface area contributed by atoms with Crippen LogP contribution in [0.1, 0.15) is 65.2 Å². The summed E-state index contributed by atoms with van der Waals surface area (Å²) in [5.41, 5.74) is 5.66. The molecule has 0 N–H and O–H groups in total. The summed E-state index contributed by atoms with van der Waals surface area (Å²) in [5, 5.41) is 1.99. The molecule has 0 aliphatic rings. The Hall–Kier alpha value is -4.19. The highest BCUT2D eigenvalue weighted by Crippen LogP contribution is 2.46. The first-order valence-electron chi connectivity index (χ1n) is 17.7. The van der Waals surface area contributed by atoms with Crippen LogP contribution in [0.15, 0.2) is 145 Å². The fraction of sp³-hybridized carbons (Fsp3) is 0.222. The maximum absolute atomic E-state index is 6.86. The van der Waals surface area contributed by atoms with Crippen molar-refractivity contribution in [3.63, 3.8) is 0 Å². The average Bonchev–Trinajstić information content (AvgIpc) is 3.15. The molecule has 0 spiro atoms. The van der Waals surface area contributed by atoms with E-state index in [9.17, 15) is 0 Å². The maximum Gasteiger partial charge on any atom is 0.326 e. The van der Waals surface area contributed by atoms with Crippen LogP contribution in [0.2, 0.25) is 0 Å². The smallest absolute Gasteiger partial charge is 0.326 e. The van der Waals surface area contributed by atoms with Crippen molar-refractivity contribution < 1.29 is 18.1 Å². The van der Waals surface area contributed by atoms with Crippen LogP contribution < -0.4 is 28.7 Å². The predicted octanol–water partition coefficient (Wildman–Crippen LogP) is 13.3. The molecule has 0 radical (unpaired) electrons. The first kappa shape index (κ1) is 37.6. The van der Waals surface area contributed by atoms with E-state index in [4.69, 9.17) is 18.1 Å². The Balaban J connectivity index is 1.28. The van der Waals surface area contributed by atoms with Crippen molar-refractivity contribution in [2.75, 3.05) is 0 Å². The Labute approximate surface area is 314 Å².